The molecule has 164 valence electrons. The van der Waals surface area contributed by atoms with Crippen LogP contribution in [0.4, 0.5) is 0 Å². The van der Waals surface area contributed by atoms with Crippen LogP contribution in [-0.2, 0) is 9.47 Å². The number of aliphatic imine (C=N–C) groups is 1. The maximum atomic E-state index is 5.99. The molecule has 1 heterocycles. The molecule has 0 amide bonds. The number of halogens is 1. The van der Waals surface area contributed by atoms with E-state index < -0.39 is 0 Å². The molecule has 1 aliphatic heterocycles. The Morgan fingerprint density at radius 1 is 1.21 bits per heavy atom. The third-order valence-electron chi connectivity index (χ3n) is 5.32. The van der Waals surface area contributed by atoms with Gasteiger partial charge in [0.2, 0.25) is 0 Å². The van der Waals surface area contributed by atoms with Crippen LogP contribution in [-0.4, -0.2) is 68.2 Å². The molecular formula is C22H36IN3O2S. The van der Waals surface area contributed by atoms with Gasteiger partial charge in [-0.3, -0.25) is 4.99 Å². The summed E-state index contributed by atoms with van der Waals surface area (Å²) in [5.74, 6) is 1.07. The van der Waals surface area contributed by atoms with Gasteiger partial charge in [0, 0.05) is 49.6 Å². The van der Waals surface area contributed by atoms with E-state index in [-0.39, 0.29) is 24.0 Å². The molecule has 0 bridgehead atoms. The first-order valence-corrected chi connectivity index (χ1v) is 11.4. The number of hydrogen-bond donors (Lipinski definition) is 1. The lowest BCUT2D eigenvalue weighted by Gasteiger charge is -2.34. The summed E-state index contributed by atoms with van der Waals surface area (Å²) in [6.45, 7) is 7.55. The van der Waals surface area contributed by atoms with Gasteiger partial charge < -0.3 is 19.7 Å². The molecule has 1 N–H and O–H groups in total. The number of benzene rings is 1. The number of likely N-dealkylation sites (tertiary alicyclic amines) is 1. The van der Waals surface area contributed by atoms with Crippen LogP contribution in [0.3, 0.4) is 0 Å². The SMILES string of the molecule is CCNC(=NCC1(Sc2ccccc2)CC1)N1CCC(OCCCOC)CC1.I. The van der Waals surface area contributed by atoms with E-state index in [1.54, 1.807) is 7.11 Å². The molecule has 0 spiro atoms. The minimum absolute atomic E-state index is 0. The highest BCUT2D eigenvalue weighted by Gasteiger charge is 2.43. The van der Waals surface area contributed by atoms with E-state index in [0.717, 1.165) is 64.6 Å². The lowest BCUT2D eigenvalue weighted by Crippen LogP contribution is -2.47. The molecule has 0 aromatic heterocycles. The van der Waals surface area contributed by atoms with Crippen molar-refractivity contribution < 1.29 is 9.47 Å². The van der Waals surface area contributed by atoms with Crippen LogP contribution in [0.1, 0.15) is 39.0 Å². The van der Waals surface area contributed by atoms with Crippen molar-refractivity contribution >= 4 is 41.7 Å². The second-order valence-electron chi connectivity index (χ2n) is 7.67. The molecule has 0 atom stereocenters. The number of rotatable bonds is 10. The molecular weight excluding hydrogens is 497 g/mol. The smallest absolute Gasteiger partial charge is 0.193 e. The predicted molar refractivity (Wildman–Crippen MR) is 133 cm³/mol. The van der Waals surface area contributed by atoms with E-state index in [4.69, 9.17) is 14.5 Å². The highest BCUT2D eigenvalue weighted by atomic mass is 127. The second-order valence-corrected chi connectivity index (χ2v) is 9.21. The van der Waals surface area contributed by atoms with Crippen molar-refractivity contribution in [2.75, 3.05) is 46.5 Å². The van der Waals surface area contributed by atoms with Gasteiger partial charge >= 0.3 is 0 Å². The minimum Gasteiger partial charge on any atom is -0.385 e. The van der Waals surface area contributed by atoms with Gasteiger partial charge in [-0.05, 0) is 51.2 Å². The zero-order chi connectivity index (χ0) is 19.7. The van der Waals surface area contributed by atoms with Gasteiger partial charge in [0.15, 0.2) is 5.96 Å². The van der Waals surface area contributed by atoms with E-state index in [1.807, 2.05) is 11.8 Å². The van der Waals surface area contributed by atoms with Crippen LogP contribution in [0.15, 0.2) is 40.2 Å². The third kappa shape index (κ3) is 8.26. The normalized spacial score (nSPS) is 19.0. The number of methoxy groups -OCH3 is 1. The van der Waals surface area contributed by atoms with Crippen molar-refractivity contribution in [3.05, 3.63) is 30.3 Å². The quantitative estimate of drug-likeness (QED) is 0.209. The molecule has 1 saturated heterocycles. The molecule has 29 heavy (non-hydrogen) atoms. The number of hydrogen-bond acceptors (Lipinski definition) is 4. The standard InChI is InChI=1S/C22H35N3O2S.HI/c1-3-23-21(25-14-10-19(11-15-25)27-17-7-16-26-2)24-18-22(12-13-22)28-20-8-5-4-6-9-20;/h4-6,8-9,19H,3,7,10-18H2,1-2H3,(H,23,24);1H. The molecule has 3 rings (SSSR count). The zero-order valence-corrected chi connectivity index (χ0v) is 20.9. The van der Waals surface area contributed by atoms with Crippen LogP contribution in [0, 0.1) is 0 Å². The molecule has 7 heteroatoms. The first kappa shape index (κ1) is 24.8. The van der Waals surface area contributed by atoms with E-state index >= 15 is 0 Å². The first-order valence-electron chi connectivity index (χ1n) is 10.6. The third-order valence-corrected chi connectivity index (χ3v) is 6.80. The summed E-state index contributed by atoms with van der Waals surface area (Å²) in [6, 6.07) is 10.7. The average Bonchev–Trinajstić information content (AvgIpc) is 3.49. The summed E-state index contributed by atoms with van der Waals surface area (Å²) in [5, 5.41) is 3.50. The molecule has 1 aliphatic carbocycles. The average molecular weight is 534 g/mol. The van der Waals surface area contributed by atoms with Crippen LogP contribution in [0.5, 0.6) is 0 Å². The number of thioether (sulfide) groups is 1. The number of nitrogens with zero attached hydrogens (tertiary/aromatic N) is 2. The highest BCUT2D eigenvalue weighted by Crippen LogP contribution is 2.51. The maximum Gasteiger partial charge on any atom is 0.193 e. The van der Waals surface area contributed by atoms with Crippen molar-refractivity contribution in [2.24, 2.45) is 4.99 Å². The monoisotopic (exact) mass is 533 g/mol. The molecule has 0 unspecified atom stereocenters. The molecule has 0 radical (unpaired) electrons. The van der Waals surface area contributed by atoms with Gasteiger partial charge in [-0.2, -0.15) is 0 Å². The minimum atomic E-state index is 0. The van der Waals surface area contributed by atoms with E-state index in [1.165, 1.54) is 17.7 Å². The zero-order valence-electron chi connectivity index (χ0n) is 17.8. The number of ether oxygens (including phenoxy) is 2. The Hall–Kier alpha value is -0.510. The lowest BCUT2D eigenvalue weighted by molar-refractivity contribution is 0.00990. The van der Waals surface area contributed by atoms with Gasteiger partial charge in [0.05, 0.1) is 12.6 Å². The fourth-order valence-electron chi connectivity index (χ4n) is 3.50. The fourth-order valence-corrected chi connectivity index (χ4v) is 4.73. The summed E-state index contributed by atoms with van der Waals surface area (Å²) in [7, 11) is 1.74. The Labute approximate surface area is 197 Å². The van der Waals surface area contributed by atoms with E-state index in [0.29, 0.717) is 10.9 Å². The van der Waals surface area contributed by atoms with Gasteiger partial charge in [0.1, 0.15) is 0 Å². The van der Waals surface area contributed by atoms with Crippen molar-refractivity contribution in [1.29, 1.82) is 0 Å². The Morgan fingerprint density at radius 2 is 1.93 bits per heavy atom. The number of guanidine groups is 1. The molecule has 2 fully saturated rings. The van der Waals surface area contributed by atoms with Crippen molar-refractivity contribution in [3.8, 4) is 0 Å². The second kappa shape index (κ2) is 13.0. The molecule has 1 aromatic carbocycles. The van der Waals surface area contributed by atoms with Gasteiger partial charge in [-0.1, -0.05) is 18.2 Å². The van der Waals surface area contributed by atoms with Gasteiger partial charge in [-0.25, -0.2) is 0 Å². The van der Waals surface area contributed by atoms with Gasteiger partial charge in [-0.15, -0.1) is 35.7 Å². The van der Waals surface area contributed by atoms with E-state index in [9.17, 15) is 0 Å². The first-order chi connectivity index (χ1) is 13.7. The Bertz CT molecular complexity index is 605. The maximum absolute atomic E-state index is 5.99. The topological polar surface area (TPSA) is 46.1 Å². The summed E-state index contributed by atoms with van der Waals surface area (Å²) in [4.78, 5) is 8.79. The largest absolute Gasteiger partial charge is 0.385 e. The van der Waals surface area contributed by atoms with Crippen LogP contribution < -0.4 is 5.32 Å². The van der Waals surface area contributed by atoms with E-state index in [2.05, 4.69) is 47.5 Å². The van der Waals surface area contributed by atoms with Crippen molar-refractivity contribution in [1.82, 2.24) is 10.2 Å². The number of piperidine rings is 1. The van der Waals surface area contributed by atoms with Crippen LogP contribution in [0.25, 0.3) is 0 Å². The molecule has 2 aliphatic rings. The van der Waals surface area contributed by atoms with Crippen LogP contribution in [0.2, 0.25) is 0 Å². The van der Waals surface area contributed by atoms with Crippen molar-refractivity contribution in [2.45, 2.75) is 54.8 Å². The summed E-state index contributed by atoms with van der Waals surface area (Å²) in [5.41, 5.74) is 0. The molecule has 1 aromatic rings. The summed E-state index contributed by atoms with van der Waals surface area (Å²) >= 11 is 1.99. The van der Waals surface area contributed by atoms with Crippen molar-refractivity contribution in [3.63, 3.8) is 0 Å². The Balaban J connectivity index is 0.00000300. The fraction of sp³-hybridized carbons (Fsp3) is 0.682. The Morgan fingerprint density at radius 3 is 2.55 bits per heavy atom. The summed E-state index contributed by atoms with van der Waals surface area (Å²) < 4.78 is 11.4. The number of nitrogens with one attached hydrogen (secondary N) is 1. The predicted octanol–water partition coefficient (Wildman–Crippen LogP) is 4.41. The molecule has 5 nitrogen and oxygen atoms in total. The Kier molecular flexibility index (Phi) is 11.1. The lowest BCUT2D eigenvalue weighted by atomic mass is 10.1. The molecule has 1 saturated carbocycles. The van der Waals surface area contributed by atoms with Crippen LogP contribution >= 0.6 is 35.7 Å². The highest BCUT2D eigenvalue weighted by molar-refractivity contribution is 14.0. The van der Waals surface area contributed by atoms with Gasteiger partial charge in [0.25, 0.3) is 0 Å². The summed E-state index contributed by atoms with van der Waals surface area (Å²) in [6.07, 6.45) is 6.00.